The molecule has 9 heteroatoms. The number of halogens is 3. The van der Waals surface area contributed by atoms with Crippen molar-refractivity contribution in [3.05, 3.63) is 63.1 Å². The van der Waals surface area contributed by atoms with Crippen molar-refractivity contribution in [2.75, 3.05) is 12.4 Å². The fourth-order valence-corrected chi connectivity index (χ4v) is 6.42. The van der Waals surface area contributed by atoms with Crippen molar-refractivity contribution < 1.29 is 19.4 Å². The zero-order chi connectivity index (χ0) is 21.3. The van der Waals surface area contributed by atoms with Gasteiger partial charge in [0.05, 0.1) is 16.2 Å². The largest absolute Gasteiger partial charge is 0.496 e. The van der Waals surface area contributed by atoms with Gasteiger partial charge in [-0.1, -0.05) is 29.8 Å². The number of hydrogen-bond acceptors (Lipinski definition) is 4. The number of aryl methyl sites for hydroxylation is 1. The van der Waals surface area contributed by atoms with E-state index in [0.717, 1.165) is 21.8 Å². The Balaban J connectivity index is 2.01. The Hall–Kier alpha value is -0.930. The van der Waals surface area contributed by atoms with Crippen molar-refractivity contribution in [2.24, 2.45) is 0 Å². The molecule has 0 saturated heterocycles. The number of amides is 1. The summed E-state index contributed by atoms with van der Waals surface area (Å²) in [6.45, 7) is 1.97. The Bertz CT molecular complexity index is 1110. The molecule has 0 atom stereocenters. The first-order valence-electron chi connectivity index (χ1n) is 8.19. The highest BCUT2D eigenvalue weighted by Gasteiger charge is 2.24. The summed E-state index contributed by atoms with van der Waals surface area (Å²) in [7, 11) is 1.58. The molecule has 0 saturated carbocycles. The number of hydrogen-bond donors (Lipinski definition) is 2. The number of aromatic carboxylic acids is 1. The second-order valence-corrected chi connectivity index (χ2v) is 10.2. The first kappa shape index (κ1) is 22.7. The van der Waals surface area contributed by atoms with Crippen LogP contribution in [0.25, 0.3) is 11.1 Å². The molecule has 2 N–H and O–H groups in total. The van der Waals surface area contributed by atoms with Crippen molar-refractivity contribution in [1.29, 1.82) is 0 Å². The number of thiophene rings is 1. The van der Waals surface area contributed by atoms with E-state index in [1.807, 2.05) is 31.2 Å². The Morgan fingerprint density at radius 3 is 2.31 bits per heavy atom. The third-order valence-corrected chi connectivity index (χ3v) is 9.09. The van der Waals surface area contributed by atoms with Crippen LogP contribution in [0.3, 0.4) is 0 Å². The van der Waals surface area contributed by atoms with Crippen LogP contribution in [0.2, 0.25) is 0 Å². The number of carboxylic acid groups (broad SMARTS) is 1. The van der Waals surface area contributed by atoms with Crippen molar-refractivity contribution in [3.63, 3.8) is 0 Å². The van der Waals surface area contributed by atoms with E-state index in [1.54, 1.807) is 18.6 Å². The molecule has 0 unspecified atom stereocenters. The highest BCUT2D eigenvalue weighted by Crippen LogP contribution is 2.37. The summed E-state index contributed by atoms with van der Waals surface area (Å²) in [5.41, 5.74) is 3.07. The number of methoxy groups -OCH3 is 1. The van der Waals surface area contributed by atoms with Crippen LogP contribution in [-0.4, -0.2) is 24.1 Å². The number of benzene rings is 2. The SMILES string of the molecule is COc1cc(I)c(C(=O)Nc2scc(-c3ccc(C)cc3)c2C(=O)O)c(I)c1I. The molecule has 3 rings (SSSR count). The van der Waals surface area contributed by atoms with Crippen LogP contribution < -0.4 is 10.1 Å². The smallest absolute Gasteiger partial charge is 0.339 e. The molecule has 5 nitrogen and oxygen atoms in total. The summed E-state index contributed by atoms with van der Waals surface area (Å²) >= 11 is 7.54. The molecule has 150 valence electrons. The van der Waals surface area contributed by atoms with Crippen LogP contribution in [0.5, 0.6) is 5.75 Å². The summed E-state index contributed by atoms with van der Waals surface area (Å²) in [6.07, 6.45) is 0. The van der Waals surface area contributed by atoms with E-state index in [4.69, 9.17) is 4.74 Å². The van der Waals surface area contributed by atoms with Gasteiger partial charge in [0.25, 0.3) is 5.91 Å². The maximum atomic E-state index is 13.0. The van der Waals surface area contributed by atoms with Gasteiger partial charge in [0.1, 0.15) is 16.3 Å². The number of carboxylic acids is 1. The monoisotopic (exact) mass is 745 g/mol. The van der Waals surface area contributed by atoms with Crippen LogP contribution in [0.15, 0.2) is 35.7 Å². The predicted molar refractivity (Wildman–Crippen MR) is 141 cm³/mol. The van der Waals surface area contributed by atoms with Gasteiger partial charge >= 0.3 is 5.97 Å². The van der Waals surface area contributed by atoms with E-state index < -0.39 is 5.97 Å². The van der Waals surface area contributed by atoms with E-state index in [2.05, 4.69) is 73.1 Å². The van der Waals surface area contributed by atoms with Crippen LogP contribution in [-0.2, 0) is 0 Å². The third-order valence-electron chi connectivity index (χ3n) is 4.17. The fourth-order valence-electron chi connectivity index (χ4n) is 2.70. The Morgan fingerprint density at radius 2 is 1.72 bits per heavy atom. The molecule has 1 amide bonds. The molecule has 0 aliphatic rings. The summed E-state index contributed by atoms with van der Waals surface area (Å²) in [4.78, 5) is 25.0. The van der Waals surface area contributed by atoms with Gasteiger partial charge in [-0.2, -0.15) is 0 Å². The summed E-state index contributed by atoms with van der Waals surface area (Å²) < 4.78 is 7.67. The molecule has 0 bridgehead atoms. The highest BCUT2D eigenvalue weighted by atomic mass is 127. The standard InChI is InChI=1S/C20H14I3NO4S/c1-9-3-5-10(6-4-9)11-8-29-19(14(11)20(26)27)24-18(25)15-12(21)7-13(28-2)16(22)17(15)23/h3-8H,1-2H3,(H,24,25)(H,26,27). The van der Waals surface area contributed by atoms with Gasteiger partial charge in [-0.05, 0) is 86.3 Å². The maximum absolute atomic E-state index is 13.0. The van der Waals surface area contributed by atoms with Crippen LogP contribution in [0.1, 0.15) is 26.3 Å². The molecular weight excluding hydrogens is 731 g/mol. The van der Waals surface area contributed by atoms with Crippen LogP contribution >= 0.6 is 79.1 Å². The Kier molecular flexibility index (Phi) is 7.43. The first-order chi connectivity index (χ1) is 13.7. The lowest BCUT2D eigenvalue weighted by molar-refractivity contribution is 0.0699. The molecule has 0 aliphatic heterocycles. The molecule has 0 fully saturated rings. The number of anilines is 1. The molecule has 0 spiro atoms. The number of carbonyl (C=O) groups excluding carboxylic acids is 1. The van der Waals surface area contributed by atoms with Gasteiger partial charge in [0.2, 0.25) is 0 Å². The number of ether oxygens (including phenoxy) is 1. The lowest BCUT2D eigenvalue weighted by Crippen LogP contribution is -2.17. The van der Waals surface area contributed by atoms with E-state index in [-0.39, 0.29) is 11.5 Å². The van der Waals surface area contributed by atoms with Crippen LogP contribution in [0.4, 0.5) is 5.00 Å². The maximum Gasteiger partial charge on any atom is 0.339 e. The van der Waals surface area contributed by atoms with Gasteiger partial charge in [0.15, 0.2) is 0 Å². The normalized spacial score (nSPS) is 10.7. The average Bonchev–Trinajstić information content (AvgIpc) is 3.09. The summed E-state index contributed by atoms with van der Waals surface area (Å²) in [5, 5.41) is 14.7. The molecule has 3 aromatic rings. The van der Waals surface area contributed by atoms with Crippen molar-refractivity contribution >= 4 is 96.0 Å². The zero-order valence-corrected chi connectivity index (χ0v) is 22.5. The number of nitrogens with one attached hydrogen (secondary N) is 1. The minimum Gasteiger partial charge on any atom is -0.496 e. The molecular formula is C20H14I3NO4S. The fraction of sp³-hybridized carbons (Fsp3) is 0.100. The molecule has 29 heavy (non-hydrogen) atoms. The molecule has 0 aliphatic carbocycles. The van der Waals surface area contributed by atoms with Crippen molar-refractivity contribution in [1.82, 2.24) is 0 Å². The van der Waals surface area contributed by atoms with E-state index in [0.29, 0.717) is 21.9 Å². The second kappa shape index (κ2) is 9.47. The summed E-state index contributed by atoms with van der Waals surface area (Å²) in [5.74, 6) is -0.732. The quantitative estimate of drug-likeness (QED) is 0.231. The number of rotatable bonds is 5. The van der Waals surface area contributed by atoms with Gasteiger partial charge < -0.3 is 15.2 Å². The molecule has 1 heterocycles. The first-order valence-corrected chi connectivity index (χ1v) is 12.3. The second-order valence-electron chi connectivity index (χ2n) is 6.04. The zero-order valence-electron chi connectivity index (χ0n) is 15.2. The minimum atomic E-state index is -1.08. The van der Waals surface area contributed by atoms with E-state index >= 15 is 0 Å². The topological polar surface area (TPSA) is 75.6 Å². The predicted octanol–water partition coefficient (Wildman–Crippen LogP) is 6.50. The summed E-state index contributed by atoms with van der Waals surface area (Å²) in [6, 6.07) is 9.42. The van der Waals surface area contributed by atoms with Crippen LogP contribution in [0, 0.1) is 17.6 Å². The average molecular weight is 745 g/mol. The lowest BCUT2D eigenvalue weighted by atomic mass is 10.0. The van der Waals surface area contributed by atoms with Gasteiger partial charge in [-0.25, -0.2) is 4.79 Å². The van der Waals surface area contributed by atoms with Crippen molar-refractivity contribution in [3.8, 4) is 16.9 Å². The van der Waals surface area contributed by atoms with E-state index in [1.165, 1.54) is 11.3 Å². The minimum absolute atomic E-state index is 0.0976. The third kappa shape index (κ3) is 4.71. The molecule has 2 aromatic carbocycles. The molecule has 1 aromatic heterocycles. The highest BCUT2D eigenvalue weighted by molar-refractivity contribution is 14.1. The van der Waals surface area contributed by atoms with Gasteiger partial charge in [-0.3, -0.25) is 4.79 Å². The van der Waals surface area contributed by atoms with Crippen molar-refractivity contribution in [2.45, 2.75) is 6.92 Å². The Morgan fingerprint density at radius 1 is 1.07 bits per heavy atom. The number of carbonyl (C=O) groups is 2. The van der Waals surface area contributed by atoms with Gasteiger partial charge in [0, 0.05) is 18.1 Å². The van der Waals surface area contributed by atoms with Gasteiger partial charge in [-0.15, -0.1) is 11.3 Å². The Labute approximate surface area is 212 Å². The lowest BCUT2D eigenvalue weighted by Gasteiger charge is -2.13. The van der Waals surface area contributed by atoms with E-state index in [9.17, 15) is 14.7 Å². The molecule has 0 radical (unpaired) electrons.